The van der Waals surface area contributed by atoms with Crippen molar-refractivity contribution in [3.8, 4) is 5.75 Å². The van der Waals surface area contributed by atoms with Crippen molar-refractivity contribution in [3.05, 3.63) is 46.9 Å². The van der Waals surface area contributed by atoms with Crippen LogP contribution in [-0.2, 0) is 0 Å². The quantitative estimate of drug-likeness (QED) is 0.669. The van der Waals surface area contributed by atoms with Crippen LogP contribution in [0, 0.1) is 0 Å². The Morgan fingerprint density at radius 1 is 1.26 bits per heavy atom. The normalized spacial score (nSPS) is 10.6. The fourth-order valence-corrected chi connectivity index (χ4v) is 1.91. The van der Waals surface area contributed by atoms with E-state index in [1.807, 2.05) is 12.1 Å². The molecule has 0 radical (unpaired) electrons. The summed E-state index contributed by atoms with van der Waals surface area (Å²) >= 11 is 0. The molecule has 1 aromatic carbocycles. The van der Waals surface area contributed by atoms with Crippen LogP contribution in [0.1, 0.15) is 0 Å². The predicted octanol–water partition coefficient (Wildman–Crippen LogP) is 2.00. The summed E-state index contributed by atoms with van der Waals surface area (Å²) in [5, 5.41) is 11.1. The zero-order valence-corrected chi connectivity index (χ0v) is 10.2. The maximum absolute atomic E-state index is 12.0. The Kier molecular flexibility index (Phi) is 2.68. The number of pyridine rings is 1. The Bertz CT molecular complexity index is 762. The van der Waals surface area contributed by atoms with Gasteiger partial charge in [-0.15, -0.1) is 0 Å². The van der Waals surface area contributed by atoms with Gasteiger partial charge in [0.25, 0.3) is 5.56 Å². The molecule has 0 bridgehead atoms. The first kappa shape index (κ1) is 11.3. The molecular formula is C13H12N4O2. The third-order valence-corrected chi connectivity index (χ3v) is 2.81. The Balaban J connectivity index is 2.09. The second-order valence-corrected chi connectivity index (χ2v) is 4.05. The Hall–Kier alpha value is -2.76. The maximum Gasteiger partial charge on any atom is 0.257 e. The van der Waals surface area contributed by atoms with Gasteiger partial charge in [-0.3, -0.25) is 9.89 Å². The van der Waals surface area contributed by atoms with Crippen LogP contribution in [-0.4, -0.2) is 22.3 Å². The van der Waals surface area contributed by atoms with Gasteiger partial charge in [-0.25, -0.2) is 0 Å². The number of methoxy groups -OCH3 is 1. The second kappa shape index (κ2) is 4.49. The minimum atomic E-state index is -0.154. The number of aromatic nitrogens is 3. The van der Waals surface area contributed by atoms with Crippen molar-refractivity contribution in [1.29, 1.82) is 0 Å². The first-order valence-electron chi connectivity index (χ1n) is 5.74. The zero-order valence-electron chi connectivity index (χ0n) is 10.2. The minimum absolute atomic E-state index is 0.154. The lowest BCUT2D eigenvalue weighted by Gasteiger charge is -2.06. The van der Waals surface area contributed by atoms with Gasteiger partial charge in [0.2, 0.25) is 0 Å². The first-order chi connectivity index (χ1) is 9.26. The topological polar surface area (TPSA) is 82.8 Å². The summed E-state index contributed by atoms with van der Waals surface area (Å²) in [5.41, 5.74) is -0.154. The first-order valence-corrected chi connectivity index (χ1v) is 5.74. The molecule has 0 saturated heterocycles. The number of H-pyrrole nitrogens is 2. The lowest BCUT2D eigenvalue weighted by atomic mass is 10.1. The van der Waals surface area contributed by atoms with E-state index in [1.165, 1.54) is 0 Å². The largest absolute Gasteiger partial charge is 0.497 e. The highest BCUT2D eigenvalue weighted by Crippen LogP contribution is 2.21. The fourth-order valence-electron chi connectivity index (χ4n) is 1.91. The summed E-state index contributed by atoms with van der Waals surface area (Å²) in [7, 11) is 1.59. The van der Waals surface area contributed by atoms with Crippen molar-refractivity contribution in [2.75, 3.05) is 12.4 Å². The number of nitrogens with zero attached hydrogens (tertiary/aromatic N) is 1. The van der Waals surface area contributed by atoms with E-state index in [0.29, 0.717) is 22.8 Å². The van der Waals surface area contributed by atoms with Crippen LogP contribution in [0.2, 0.25) is 0 Å². The molecule has 3 N–H and O–H groups in total. The molecule has 0 atom stereocenters. The van der Waals surface area contributed by atoms with Gasteiger partial charge in [-0.2, -0.15) is 5.10 Å². The standard InChI is InChI=1S/C13H12N4O2/c1-19-9-2-3-10-8(6-9)7-12(16-13(10)18)15-11-4-5-14-17-11/h2-7H,1H3,(H3,14,15,16,17,18). The van der Waals surface area contributed by atoms with Crippen LogP contribution in [0.15, 0.2) is 41.3 Å². The molecule has 96 valence electrons. The third-order valence-electron chi connectivity index (χ3n) is 2.81. The van der Waals surface area contributed by atoms with E-state index in [1.54, 1.807) is 31.5 Å². The summed E-state index contributed by atoms with van der Waals surface area (Å²) in [4.78, 5) is 14.7. The van der Waals surface area contributed by atoms with Crippen molar-refractivity contribution in [2.45, 2.75) is 0 Å². The van der Waals surface area contributed by atoms with Crippen LogP contribution in [0.4, 0.5) is 11.6 Å². The summed E-state index contributed by atoms with van der Waals surface area (Å²) in [6.07, 6.45) is 1.70. The lowest BCUT2D eigenvalue weighted by Crippen LogP contribution is -2.09. The summed E-state index contributed by atoms with van der Waals surface area (Å²) in [5.74, 6) is 1.93. The van der Waals surface area contributed by atoms with Gasteiger partial charge in [-0.05, 0) is 29.7 Å². The summed E-state index contributed by atoms with van der Waals surface area (Å²) < 4.78 is 5.16. The molecule has 3 rings (SSSR count). The van der Waals surface area contributed by atoms with Crippen LogP contribution in [0.5, 0.6) is 5.75 Å². The van der Waals surface area contributed by atoms with Crippen LogP contribution < -0.4 is 15.6 Å². The van der Waals surface area contributed by atoms with Gasteiger partial charge in [0.15, 0.2) is 5.82 Å². The maximum atomic E-state index is 12.0. The Labute approximate surface area is 108 Å². The molecule has 0 aliphatic heterocycles. The van der Waals surface area contributed by atoms with E-state index >= 15 is 0 Å². The molecule has 19 heavy (non-hydrogen) atoms. The van der Waals surface area contributed by atoms with Crippen molar-refractivity contribution in [1.82, 2.24) is 15.2 Å². The molecule has 0 aliphatic carbocycles. The van der Waals surface area contributed by atoms with E-state index in [-0.39, 0.29) is 5.56 Å². The third kappa shape index (κ3) is 2.15. The highest BCUT2D eigenvalue weighted by Gasteiger charge is 2.04. The molecule has 0 unspecified atom stereocenters. The number of fused-ring (bicyclic) bond motifs is 1. The number of benzene rings is 1. The molecular weight excluding hydrogens is 244 g/mol. The van der Waals surface area contributed by atoms with E-state index < -0.39 is 0 Å². The van der Waals surface area contributed by atoms with Gasteiger partial charge in [0.05, 0.1) is 7.11 Å². The Morgan fingerprint density at radius 3 is 2.89 bits per heavy atom. The van der Waals surface area contributed by atoms with E-state index in [2.05, 4.69) is 20.5 Å². The fraction of sp³-hybridized carbons (Fsp3) is 0.0769. The number of hydrogen-bond donors (Lipinski definition) is 3. The smallest absolute Gasteiger partial charge is 0.257 e. The van der Waals surface area contributed by atoms with Gasteiger partial charge < -0.3 is 15.0 Å². The van der Waals surface area contributed by atoms with Crippen LogP contribution in [0.25, 0.3) is 10.8 Å². The molecule has 2 heterocycles. The molecule has 6 heteroatoms. The molecule has 2 aromatic heterocycles. The zero-order chi connectivity index (χ0) is 13.2. The molecule has 0 saturated carbocycles. The van der Waals surface area contributed by atoms with E-state index in [0.717, 1.165) is 5.39 Å². The number of hydrogen-bond acceptors (Lipinski definition) is 4. The molecule has 0 spiro atoms. The molecule has 0 fully saturated rings. The minimum Gasteiger partial charge on any atom is -0.497 e. The average Bonchev–Trinajstić information content (AvgIpc) is 2.91. The van der Waals surface area contributed by atoms with E-state index in [9.17, 15) is 4.79 Å². The summed E-state index contributed by atoms with van der Waals surface area (Å²) in [6.45, 7) is 0. The van der Waals surface area contributed by atoms with Crippen molar-refractivity contribution < 1.29 is 4.74 Å². The van der Waals surface area contributed by atoms with Gasteiger partial charge >= 0.3 is 0 Å². The van der Waals surface area contributed by atoms with Crippen molar-refractivity contribution in [2.24, 2.45) is 0 Å². The monoisotopic (exact) mass is 256 g/mol. The number of aromatic amines is 2. The van der Waals surface area contributed by atoms with Gasteiger partial charge in [0.1, 0.15) is 11.6 Å². The van der Waals surface area contributed by atoms with Crippen LogP contribution >= 0.6 is 0 Å². The highest BCUT2D eigenvalue weighted by atomic mass is 16.5. The molecule has 0 amide bonds. The predicted molar refractivity (Wildman–Crippen MR) is 73.0 cm³/mol. The van der Waals surface area contributed by atoms with E-state index in [4.69, 9.17) is 4.74 Å². The average molecular weight is 256 g/mol. The SMILES string of the molecule is COc1ccc2c(=O)[nH]c(Nc3cc[nH]n3)cc2c1. The number of ether oxygens (including phenoxy) is 1. The second-order valence-electron chi connectivity index (χ2n) is 4.05. The number of anilines is 2. The molecule has 3 aromatic rings. The molecule has 0 aliphatic rings. The lowest BCUT2D eigenvalue weighted by molar-refractivity contribution is 0.415. The van der Waals surface area contributed by atoms with Gasteiger partial charge in [0, 0.05) is 17.6 Å². The summed E-state index contributed by atoms with van der Waals surface area (Å²) in [6, 6.07) is 8.94. The Morgan fingerprint density at radius 2 is 2.16 bits per heavy atom. The highest BCUT2D eigenvalue weighted by molar-refractivity contribution is 5.85. The van der Waals surface area contributed by atoms with Crippen molar-refractivity contribution >= 4 is 22.4 Å². The van der Waals surface area contributed by atoms with Crippen LogP contribution in [0.3, 0.4) is 0 Å². The van der Waals surface area contributed by atoms with Gasteiger partial charge in [-0.1, -0.05) is 0 Å². The van der Waals surface area contributed by atoms with Crippen molar-refractivity contribution in [3.63, 3.8) is 0 Å². The number of nitrogens with one attached hydrogen (secondary N) is 3. The number of rotatable bonds is 3. The molecule has 6 nitrogen and oxygen atoms in total.